The van der Waals surface area contributed by atoms with Crippen LogP contribution in [0.3, 0.4) is 0 Å². The van der Waals surface area contributed by atoms with E-state index < -0.39 is 23.4 Å². The van der Waals surface area contributed by atoms with Crippen LogP contribution < -0.4 is 10.6 Å². The molecule has 0 spiro atoms. The summed E-state index contributed by atoms with van der Waals surface area (Å²) in [4.78, 5) is 38.0. The van der Waals surface area contributed by atoms with Gasteiger partial charge in [0.15, 0.2) is 0 Å². The number of aromatic nitrogens is 3. The highest BCUT2D eigenvalue weighted by Gasteiger charge is 2.48. The first-order chi connectivity index (χ1) is 16.8. The average molecular weight is 518 g/mol. The number of hydrogen-bond donors (Lipinski definition) is 3. The average Bonchev–Trinajstić information content (AvgIpc) is 3.44. The van der Waals surface area contributed by atoms with Gasteiger partial charge in [-0.3, -0.25) is 9.59 Å². The lowest BCUT2D eigenvalue weighted by Gasteiger charge is -2.29. The number of carbonyl (C=O) groups excluding carboxylic acids is 2. The van der Waals surface area contributed by atoms with E-state index in [2.05, 4.69) is 25.6 Å². The molecule has 11 heteroatoms. The maximum Gasteiger partial charge on any atom is 0.268 e. The molecule has 0 radical (unpaired) electrons. The number of methoxy groups -OCH3 is 1. The molecular formula is C24H25Cl2N5O4. The van der Waals surface area contributed by atoms with Crippen molar-refractivity contribution in [3.05, 3.63) is 81.6 Å². The molecule has 35 heavy (non-hydrogen) atoms. The van der Waals surface area contributed by atoms with Crippen LogP contribution in [-0.2, 0) is 20.9 Å². The van der Waals surface area contributed by atoms with Crippen LogP contribution in [0.1, 0.15) is 52.9 Å². The van der Waals surface area contributed by atoms with Crippen LogP contribution in [0, 0.1) is 0 Å². The van der Waals surface area contributed by atoms with Crippen molar-refractivity contribution in [2.45, 2.75) is 37.6 Å². The first kappa shape index (κ1) is 25.1. The van der Waals surface area contributed by atoms with E-state index in [1.807, 2.05) is 30.3 Å². The minimum Gasteiger partial charge on any atom is -0.380 e. The molecule has 0 aliphatic carbocycles. The zero-order chi connectivity index (χ0) is 25.0. The van der Waals surface area contributed by atoms with Gasteiger partial charge in [0.25, 0.3) is 5.91 Å². The molecule has 0 unspecified atom stereocenters. The maximum absolute atomic E-state index is 13.6. The van der Waals surface area contributed by atoms with Crippen molar-refractivity contribution in [3.8, 4) is 0 Å². The number of nitrogens with one attached hydrogen (secondary N) is 3. The highest BCUT2D eigenvalue weighted by molar-refractivity contribution is 6.41. The fraction of sp³-hybridized carbons (Fsp3) is 0.333. The fourth-order valence-corrected chi connectivity index (χ4v) is 4.21. The summed E-state index contributed by atoms with van der Waals surface area (Å²) in [5.74, 6) is -0.509. The lowest BCUT2D eigenvalue weighted by Crippen LogP contribution is -2.59. The second kappa shape index (κ2) is 10.7. The first-order valence-electron chi connectivity index (χ1n) is 10.9. The van der Waals surface area contributed by atoms with Gasteiger partial charge < -0.3 is 25.1 Å². The van der Waals surface area contributed by atoms with Gasteiger partial charge in [-0.25, -0.2) is 9.97 Å². The molecule has 1 fully saturated rings. The molecule has 3 aromatic rings. The quantitative estimate of drug-likeness (QED) is 0.418. The number of nitrogens with zero attached hydrogens (tertiary/aromatic N) is 2. The predicted octanol–water partition coefficient (Wildman–Crippen LogP) is 3.77. The summed E-state index contributed by atoms with van der Waals surface area (Å²) in [6, 6.07) is 10.4. The Kier molecular flexibility index (Phi) is 7.71. The number of hydrogen-bond acceptors (Lipinski definition) is 6. The van der Waals surface area contributed by atoms with E-state index in [-0.39, 0.29) is 35.0 Å². The Balaban J connectivity index is 1.55. The Labute approximate surface area is 212 Å². The molecule has 1 aliphatic rings. The largest absolute Gasteiger partial charge is 0.380 e. The van der Waals surface area contributed by atoms with Crippen LogP contribution in [0.5, 0.6) is 0 Å². The molecule has 9 nitrogen and oxygen atoms in total. The Hall–Kier alpha value is -2.98. The Morgan fingerprint density at radius 2 is 1.97 bits per heavy atom. The van der Waals surface area contributed by atoms with E-state index in [1.54, 1.807) is 26.4 Å². The molecule has 2 aromatic heterocycles. The van der Waals surface area contributed by atoms with Crippen molar-refractivity contribution in [2.75, 3.05) is 13.7 Å². The summed E-state index contributed by atoms with van der Waals surface area (Å²) in [6.45, 7) is 2.14. The summed E-state index contributed by atoms with van der Waals surface area (Å²) in [6.07, 6.45) is 3.15. The number of H-pyrrole nitrogens is 1. The fourth-order valence-electron chi connectivity index (χ4n) is 3.90. The number of ether oxygens (including phenoxy) is 2. The van der Waals surface area contributed by atoms with Gasteiger partial charge in [-0.05, 0) is 18.6 Å². The minimum absolute atomic E-state index is 0.0212. The van der Waals surface area contributed by atoms with Gasteiger partial charge in [-0.15, -0.1) is 0 Å². The smallest absolute Gasteiger partial charge is 0.268 e. The van der Waals surface area contributed by atoms with E-state index in [0.717, 1.165) is 11.1 Å². The number of rotatable bonds is 8. The molecule has 1 aliphatic heterocycles. The Morgan fingerprint density at radius 1 is 1.26 bits per heavy atom. The molecule has 3 N–H and O–H groups in total. The van der Waals surface area contributed by atoms with Crippen LogP contribution in [0.25, 0.3) is 0 Å². The third-order valence-corrected chi connectivity index (χ3v) is 6.46. The molecule has 2 amide bonds. The Morgan fingerprint density at radius 3 is 2.60 bits per heavy atom. The second-order valence-corrected chi connectivity index (χ2v) is 9.16. The van der Waals surface area contributed by atoms with Crippen LogP contribution in [0.4, 0.5) is 0 Å². The number of halogens is 2. The van der Waals surface area contributed by atoms with E-state index in [0.29, 0.717) is 12.4 Å². The van der Waals surface area contributed by atoms with E-state index >= 15 is 0 Å². The molecule has 1 saturated heterocycles. The standard InChI is InChI=1S/C24H25Cl2N5O4/c1-14(21-27-10-15(11-28-21)12-34-2)29-23(33)24(31-22(32)18-8-17(25)20(26)30-18)9-19(35-13-24)16-6-4-3-5-7-16/h3-8,10-11,14,19,30H,9,12-13H2,1-2H3,(H,29,33)(H,31,32)/t14-,19-,24+/m0/s1. The van der Waals surface area contributed by atoms with Crippen LogP contribution in [0.15, 0.2) is 48.8 Å². The zero-order valence-electron chi connectivity index (χ0n) is 19.2. The van der Waals surface area contributed by atoms with Gasteiger partial charge in [-0.2, -0.15) is 0 Å². The van der Waals surface area contributed by atoms with Crippen molar-refractivity contribution in [1.82, 2.24) is 25.6 Å². The highest BCUT2D eigenvalue weighted by Crippen LogP contribution is 2.36. The Bertz CT molecular complexity index is 1170. The number of carbonyl (C=O) groups is 2. The highest BCUT2D eigenvalue weighted by atomic mass is 35.5. The normalized spacial score (nSPS) is 20.4. The predicted molar refractivity (Wildman–Crippen MR) is 130 cm³/mol. The molecule has 0 bridgehead atoms. The molecule has 0 saturated carbocycles. The first-order valence-corrected chi connectivity index (χ1v) is 11.7. The van der Waals surface area contributed by atoms with Crippen molar-refractivity contribution < 1.29 is 19.1 Å². The molecule has 3 heterocycles. The van der Waals surface area contributed by atoms with E-state index in [1.165, 1.54) is 6.07 Å². The van der Waals surface area contributed by atoms with Crippen LogP contribution >= 0.6 is 23.2 Å². The molecule has 1 aromatic carbocycles. The molecule has 4 rings (SSSR count). The molecule has 184 valence electrons. The number of benzene rings is 1. The lowest BCUT2D eigenvalue weighted by atomic mass is 9.91. The van der Waals surface area contributed by atoms with Gasteiger partial charge in [0.05, 0.1) is 30.4 Å². The topological polar surface area (TPSA) is 118 Å². The zero-order valence-corrected chi connectivity index (χ0v) is 20.7. The third-order valence-electron chi connectivity index (χ3n) is 5.76. The van der Waals surface area contributed by atoms with Crippen molar-refractivity contribution >= 4 is 35.0 Å². The lowest BCUT2D eigenvalue weighted by molar-refractivity contribution is -0.128. The summed E-state index contributed by atoms with van der Waals surface area (Å²) in [5, 5.41) is 6.13. The van der Waals surface area contributed by atoms with Gasteiger partial charge in [-0.1, -0.05) is 53.5 Å². The summed E-state index contributed by atoms with van der Waals surface area (Å²) >= 11 is 12.0. The monoisotopic (exact) mass is 517 g/mol. The third kappa shape index (κ3) is 5.65. The second-order valence-electron chi connectivity index (χ2n) is 8.37. The van der Waals surface area contributed by atoms with Gasteiger partial charge in [0.1, 0.15) is 22.2 Å². The van der Waals surface area contributed by atoms with Crippen LogP contribution in [0.2, 0.25) is 10.2 Å². The van der Waals surface area contributed by atoms with Crippen LogP contribution in [-0.4, -0.2) is 46.0 Å². The number of aromatic amines is 1. The summed E-state index contributed by atoms with van der Waals surface area (Å²) in [5.41, 5.74) is 0.524. The van der Waals surface area contributed by atoms with Gasteiger partial charge >= 0.3 is 0 Å². The SMILES string of the molecule is COCc1cnc([C@H](C)NC(=O)[C@]2(NC(=O)c3cc(Cl)c(Cl)[nH]3)CO[C@H](c3ccccc3)C2)nc1. The van der Waals surface area contributed by atoms with Crippen molar-refractivity contribution in [3.63, 3.8) is 0 Å². The number of amides is 2. The maximum atomic E-state index is 13.6. The minimum atomic E-state index is -1.34. The van der Waals surface area contributed by atoms with E-state index in [9.17, 15) is 9.59 Å². The van der Waals surface area contributed by atoms with Gasteiger partial charge in [0, 0.05) is 31.5 Å². The van der Waals surface area contributed by atoms with Gasteiger partial charge in [0.2, 0.25) is 5.91 Å². The summed E-state index contributed by atoms with van der Waals surface area (Å²) in [7, 11) is 1.59. The van der Waals surface area contributed by atoms with E-state index in [4.69, 9.17) is 32.7 Å². The van der Waals surface area contributed by atoms with Crippen molar-refractivity contribution in [1.29, 1.82) is 0 Å². The molecule has 3 atom stereocenters. The van der Waals surface area contributed by atoms with Crippen molar-refractivity contribution in [2.24, 2.45) is 0 Å². The molecular weight excluding hydrogens is 493 g/mol. The summed E-state index contributed by atoms with van der Waals surface area (Å²) < 4.78 is 11.1.